The van der Waals surface area contributed by atoms with Gasteiger partial charge in [0.15, 0.2) is 0 Å². The third-order valence-electron chi connectivity index (χ3n) is 4.44. The number of benzene rings is 1. The molecule has 134 valence electrons. The minimum atomic E-state index is -0.0530. The van der Waals surface area contributed by atoms with Crippen LogP contribution in [0.25, 0.3) is 0 Å². The lowest BCUT2D eigenvalue weighted by Gasteiger charge is -2.40. The van der Waals surface area contributed by atoms with E-state index >= 15 is 0 Å². The Hall–Kier alpha value is -1.11. The number of rotatable bonds is 7. The van der Waals surface area contributed by atoms with E-state index in [1.165, 1.54) is 0 Å². The minimum absolute atomic E-state index is 0.0530. The highest BCUT2D eigenvalue weighted by Gasteiger charge is 2.28. The number of ether oxygens (including phenoxy) is 2. The van der Waals surface area contributed by atoms with Crippen molar-refractivity contribution in [3.63, 3.8) is 0 Å². The van der Waals surface area contributed by atoms with E-state index in [1.54, 1.807) is 7.11 Å². The van der Waals surface area contributed by atoms with Crippen LogP contribution in [0, 0.1) is 0 Å². The fraction of sp³-hybridized carbons (Fsp3) is 0.611. The molecule has 0 bridgehead atoms. The molecule has 0 saturated carbocycles. The lowest BCUT2D eigenvalue weighted by atomic mass is 10.0. The van der Waals surface area contributed by atoms with Crippen molar-refractivity contribution < 1.29 is 14.3 Å². The van der Waals surface area contributed by atoms with Crippen molar-refractivity contribution >= 4 is 21.8 Å². The van der Waals surface area contributed by atoms with Gasteiger partial charge >= 0.3 is 0 Å². The second-order valence-electron chi connectivity index (χ2n) is 6.66. The molecule has 0 spiro atoms. The molecular formula is C18H27BrN2O3. The summed E-state index contributed by atoms with van der Waals surface area (Å²) in [4.78, 5) is 14.5. The van der Waals surface area contributed by atoms with Gasteiger partial charge in [-0.3, -0.25) is 9.69 Å². The van der Waals surface area contributed by atoms with Crippen molar-refractivity contribution in [3.8, 4) is 5.75 Å². The Kier molecular flexibility index (Phi) is 7.07. The van der Waals surface area contributed by atoms with E-state index < -0.39 is 0 Å². The van der Waals surface area contributed by atoms with Crippen LogP contribution in [-0.4, -0.2) is 56.3 Å². The van der Waals surface area contributed by atoms with Crippen molar-refractivity contribution in [2.24, 2.45) is 0 Å². The zero-order chi connectivity index (χ0) is 17.6. The maximum Gasteiger partial charge on any atom is 0.220 e. The molecule has 6 heteroatoms. The van der Waals surface area contributed by atoms with Crippen LogP contribution in [0.3, 0.4) is 0 Å². The molecule has 2 rings (SSSR count). The molecule has 24 heavy (non-hydrogen) atoms. The van der Waals surface area contributed by atoms with Crippen LogP contribution in [0.1, 0.15) is 25.8 Å². The monoisotopic (exact) mass is 398 g/mol. The van der Waals surface area contributed by atoms with Gasteiger partial charge < -0.3 is 14.8 Å². The van der Waals surface area contributed by atoms with E-state index in [9.17, 15) is 4.79 Å². The highest BCUT2D eigenvalue weighted by atomic mass is 79.9. The van der Waals surface area contributed by atoms with Crippen LogP contribution in [0.2, 0.25) is 0 Å². The van der Waals surface area contributed by atoms with Gasteiger partial charge in [0.1, 0.15) is 5.75 Å². The van der Waals surface area contributed by atoms with Crippen LogP contribution in [-0.2, 0) is 16.0 Å². The Bertz CT molecular complexity index is 557. The summed E-state index contributed by atoms with van der Waals surface area (Å²) < 4.78 is 11.5. The molecule has 1 heterocycles. The third-order valence-corrected chi connectivity index (χ3v) is 5.06. The van der Waals surface area contributed by atoms with Gasteiger partial charge in [-0.25, -0.2) is 0 Å². The van der Waals surface area contributed by atoms with E-state index in [0.29, 0.717) is 19.4 Å². The van der Waals surface area contributed by atoms with Crippen molar-refractivity contribution in [1.29, 1.82) is 0 Å². The Balaban J connectivity index is 1.77. The number of nitrogens with zero attached hydrogens (tertiary/aromatic N) is 1. The average Bonchev–Trinajstić information content (AvgIpc) is 2.59. The highest BCUT2D eigenvalue weighted by Crippen LogP contribution is 2.26. The lowest BCUT2D eigenvalue weighted by Crippen LogP contribution is -2.55. The first kappa shape index (κ1) is 19.2. The van der Waals surface area contributed by atoms with Crippen LogP contribution >= 0.6 is 15.9 Å². The van der Waals surface area contributed by atoms with Crippen LogP contribution in [0.4, 0.5) is 0 Å². The maximum atomic E-state index is 12.2. The van der Waals surface area contributed by atoms with Crippen molar-refractivity contribution in [2.75, 3.05) is 40.0 Å². The van der Waals surface area contributed by atoms with Gasteiger partial charge in [-0.05, 0) is 53.9 Å². The van der Waals surface area contributed by atoms with Gasteiger partial charge in [-0.15, -0.1) is 0 Å². The summed E-state index contributed by atoms with van der Waals surface area (Å²) in [6, 6.07) is 5.91. The number of carbonyl (C=O) groups excluding carboxylic acids is 1. The zero-order valence-electron chi connectivity index (χ0n) is 14.7. The minimum Gasteiger partial charge on any atom is -0.496 e. The van der Waals surface area contributed by atoms with Gasteiger partial charge in [0.2, 0.25) is 5.91 Å². The molecule has 5 nitrogen and oxygen atoms in total. The number of morpholine rings is 1. The molecule has 0 atom stereocenters. The predicted octanol–water partition coefficient (Wildman–Crippen LogP) is 2.62. The molecule has 0 radical (unpaired) electrons. The smallest absolute Gasteiger partial charge is 0.220 e. The van der Waals surface area contributed by atoms with E-state index in [2.05, 4.69) is 40.0 Å². The number of nitrogens with one attached hydrogen (secondary N) is 1. The Morgan fingerprint density at radius 3 is 2.71 bits per heavy atom. The topological polar surface area (TPSA) is 50.8 Å². The molecule has 1 aliphatic heterocycles. The first-order chi connectivity index (χ1) is 11.4. The van der Waals surface area contributed by atoms with Gasteiger partial charge in [0.05, 0.1) is 24.8 Å². The number of aryl methyl sites for hydroxylation is 1. The summed E-state index contributed by atoms with van der Waals surface area (Å²) in [6.45, 7) is 8.36. The molecular weight excluding hydrogens is 372 g/mol. The summed E-state index contributed by atoms with van der Waals surface area (Å²) in [5, 5.41) is 3.07. The molecule has 0 unspecified atom stereocenters. The maximum absolute atomic E-state index is 12.2. The molecule has 1 aromatic carbocycles. The standard InChI is InChI=1S/C18H27BrN2O3/c1-18(2,21-8-10-24-11-9-21)13-20-17(22)7-5-14-4-6-16(23-3)15(19)12-14/h4,6,12H,5,7-11,13H2,1-3H3,(H,20,22). The van der Waals surface area contributed by atoms with E-state index in [0.717, 1.165) is 42.1 Å². The molecule has 1 aromatic rings. The quantitative estimate of drug-likeness (QED) is 0.766. The molecule has 1 aliphatic rings. The molecule has 1 amide bonds. The summed E-state index contributed by atoms with van der Waals surface area (Å²) in [6.07, 6.45) is 1.20. The summed E-state index contributed by atoms with van der Waals surface area (Å²) in [7, 11) is 1.64. The van der Waals surface area contributed by atoms with E-state index in [-0.39, 0.29) is 11.4 Å². The molecule has 1 saturated heterocycles. The van der Waals surface area contributed by atoms with Crippen molar-refractivity contribution in [2.45, 2.75) is 32.2 Å². The van der Waals surface area contributed by atoms with Gasteiger partial charge in [-0.1, -0.05) is 6.07 Å². The van der Waals surface area contributed by atoms with E-state index in [4.69, 9.17) is 9.47 Å². The lowest BCUT2D eigenvalue weighted by molar-refractivity contribution is -0.121. The second kappa shape index (κ2) is 8.83. The average molecular weight is 399 g/mol. The van der Waals surface area contributed by atoms with Crippen molar-refractivity contribution in [3.05, 3.63) is 28.2 Å². The number of hydrogen-bond donors (Lipinski definition) is 1. The summed E-state index contributed by atoms with van der Waals surface area (Å²) >= 11 is 3.47. The molecule has 1 fully saturated rings. The number of hydrogen-bond acceptors (Lipinski definition) is 4. The van der Waals surface area contributed by atoms with Crippen LogP contribution in [0.5, 0.6) is 5.75 Å². The van der Waals surface area contributed by atoms with Crippen LogP contribution in [0.15, 0.2) is 22.7 Å². The largest absolute Gasteiger partial charge is 0.496 e. The predicted molar refractivity (Wildman–Crippen MR) is 98.5 cm³/mol. The SMILES string of the molecule is COc1ccc(CCC(=O)NCC(C)(C)N2CCOCC2)cc1Br. The van der Waals surface area contributed by atoms with Gasteiger partial charge in [0, 0.05) is 31.6 Å². The Morgan fingerprint density at radius 1 is 1.38 bits per heavy atom. The second-order valence-corrected chi connectivity index (χ2v) is 7.51. The van der Waals surface area contributed by atoms with E-state index in [1.807, 2.05) is 18.2 Å². The number of methoxy groups -OCH3 is 1. The summed E-state index contributed by atoms with van der Waals surface area (Å²) in [5.41, 5.74) is 1.06. The normalized spacial score (nSPS) is 16.0. The fourth-order valence-electron chi connectivity index (χ4n) is 2.81. The highest BCUT2D eigenvalue weighted by molar-refractivity contribution is 9.10. The first-order valence-corrected chi connectivity index (χ1v) is 9.13. The fourth-order valence-corrected chi connectivity index (χ4v) is 3.40. The molecule has 1 N–H and O–H groups in total. The number of halogens is 1. The first-order valence-electron chi connectivity index (χ1n) is 8.34. The third kappa shape index (κ3) is 5.46. The Morgan fingerprint density at radius 2 is 2.08 bits per heavy atom. The zero-order valence-corrected chi connectivity index (χ0v) is 16.3. The summed E-state index contributed by atoms with van der Waals surface area (Å²) in [5.74, 6) is 0.888. The van der Waals surface area contributed by atoms with Crippen molar-refractivity contribution in [1.82, 2.24) is 10.2 Å². The molecule has 0 aromatic heterocycles. The molecule has 0 aliphatic carbocycles. The number of carbonyl (C=O) groups is 1. The van der Waals surface area contributed by atoms with Gasteiger partial charge in [0.25, 0.3) is 0 Å². The van der Waals surface area contributed by atoms with Crippen LogP contribution < -0.4 is 10.1 Å². The Labute approximate surface area is 152 Å². The number of amides is 1. The van der Waals surface area contributed by atoms with Gasteiger partial charge in [-0.2, -0.15) is 0 Å².